The van der Waals surface area contributed by atoms with E-state index in [-0.39, 0.29) is 5.91 Å². The lowest BCUT2D eigenvalue weighted by Crippen LogP contribution is -2.37. The number of hydrogen-bond acceptors (Lipinski definition) is 3. The van der Waals surface area contributed by atoms with Gasteiger partial charge in [0.2, 0.25) is 5.91 Å². The van der Waals surface area contributed by atoms with Crippen molar-refractivity contribution in [3.05, 3.63) is 66.0 Å². The quantitative estimate of drug-likeness (QED) is 0.730. The van der Waals surface area contributed by atoms with E-state index in [1.54, 1.807) is 6.20 Å². The fourth-order valence-electron chi connectivity index (χ4n) is 3.51. The Bertz CT molecular complexity index is 654. The Morgan fingerprint density at radius 3 is 2.50 bits per heavy atom. The van der Waals surface area contributed by atoms with E-state index in [1.165, 1.54) is 24.8 Å². The third kappa shape index (κ3) is 5.95. The lowest BCUT2D eigenvalue weighted by atomic mass is 10.1. The molecule has 1 fully saturated rings. The normalized spacial score (nSPS) is 14.9. The molecule has 4 heteroatoms. The molecule has 1 aliphatic rings. The van der Waals surface area contributed by atoms with Crippen molar-refractivity contribution in [1.29, 1.82) is 0 Å². The molecule has 0 unspecified atom stereocenters. The predicted molar refractivity (Wildman–Crippen MR) is 105 cm³/mol. The van der Waals surface area contributed by atoms with E-state index in [0.29, 0.717) is 13.0 Å². The number of aromatic nitrogens is 1. The molecular formula is C22H29N3O. The molecule has 1 saturated heterocycles. The Balaban J connectivity index is 1.58. The fraction of sp³-hybridized carbons (Fsp3) is 0.455. The largest absolute Gasteiger partial charge is 0.338 e. The minimum Gasteiger partial charge on any atom is -0.338 e. The van der Waals surface area contributed by atoms with Crippen LogP contribution in [0.15, 0.2) is 54.9 Å². The van der Waals surface area contributed by atoms with Gasteiger partial charge in [0.1, 0.15) is 0 Å². The molecule has 0 spiro atoms. The van der Waals surface area contributed by atoms with Gasteiger partial charge >= 0.3 is 0 Å². The highest BCUT2D eigenvalue weighted by atomic mass is 16.2. The highest BCUT2D eigenvalue weighted by Crippen LogP contribution is 2.11. The van der Waals surface area contributed by atoms with Gasteiger partial charge in [-0.15, -0.1) is 0 Å². The molecule has 0 bridgehead atoms. The fourth-order valence-corrected chi connectivity index (χ4v) is 3.51. The van der Waals surface area contributed by atoms with E-state index in [2.05, 4.69) is 34.1 Å². The van der Waals surface area contributed by atoms with Crippen molar-refractivity contribution in [3.63, 3.8) is 0 Å². The van der Waals surface area contributed by atoms with Gasteiger partial charge in [0.15, 0.2) is 0 Å². The minimum atomic E-state index is 0.246. The zero-order valence-corrected chi connectivity index (χ0v) is 15.5. The number of pyridine rings is 1. The Morgan fingerprint density at radius 1 is 1.00 bits per heavy atom. The molecule has 0 atom stereocenters. The van der Waals surface area contributed by atoms with Crippen molar-refractivity contribution < 1.29 is 4.79 Å². The van der Waals surface area contributed by atoms with E-state index in [4.69, 9.17) is 0 Å². The lowest BCUT2D eigenvalue weighted by molar-refractivity contribution is -0.132. The van der Waals surface area contributed by atoms with Gasteiger partial charge < -0.3 is 9.80 Å². The zero-order valence-electron chi connectivity index (χ0n) is 15.5. The molecule has 0 saturated carbocycles. The molecule has 0 aliphatic carbocycles. The summed E-state index contributed by atoms with van der Waals surface area (Å²) < 4.78 is 0. The smallest absolute Gasteiger partial charge is 0.224 e. The van der Waals surface area contributed by atoms with E-state index in [0.717, 1.165) is 38.2 Å². The summed E-state index contributed by atoms with van der Waals surface area (Å²) in [5, 5.41) is 0. The first-order valence-electron chi connectivity index (χ1n) is 9.74. The van der Waals surface area contributed by atoms with Gasteiger partial charge in [-0.25, -0.2) is 0 Å². The van der Waals surface area contributed by atoms with Crippen LogP contribution in [0.4, 0.5) is 0 Å². The highest BCUT2D eigenvalue weighted by Gasteiger charge is 2.17. The van der Waals surface area contributed by atoms with E-state index >= 15 is 0 Å². The molecule has 1 aromatic carbocycles. The van der Waals surface area contributed by atoms with Crippen LogP contribution in [-0.4, -0.2) is 46.9 Å². The second-order valence-electron chi connectivity index (χ2n) is 7.06. The second-order valence-corrected chi connectivity index (χ2v) is 7.06. The molecule has 1 aromatic heterocycles. The molecule has 1 aliphatic heterocycles. The van der Waals surface area contributed by atoms with Crippen molar-refractivity contribution in [3.8, 4) is 0 Å². The number of carbonyl (C=O) groups excluding carboxylic acids is 1. The number of hydrogen-bond donors (Lipinski definition) is 0. The first-order chi connectivity index (χ1) is 12.8. The maximum Gasteiger partial charge on any atom is 0.224 e. The minimum absolute atomic E-state index is 0.246. The van der Waals surface area contributed by atoms with E-state index < -0.39 is 0 Å². The molecule has 4 nitrogen and oxygen atoms in total. The average Bonchev–Trinajstić information content (AvgIpc) is 2.71. The van der Waals surface area contributed by atoms with Crippen LogP contribution < -0.4 is 0 Å². The molecular weight excluding hydrogens is 322 g/mol. The molecule has 3 rings (SSSR count). The Labute approximate surface area is 156 Å². The second kappa shape index (κ2) is 10.1. The SMILES string of the molecule is O=C(CCN1CCCCC1)N(CCc1ccccc1)Cc1cccnc1. The number of nitrogens with zero attached hydrogens (tertiary/aromatic N) is 3. The zero-order chi connectivity index (χ0) is 18.0. The van der Waals surface area contributed by atoms with Crippen LogP contribution in [0.1, 0.15) is 36.8 Å². The monoisotopic (exact) mass is 351 g/mol. The standard InChI is InChI=1S/C22H29N3O/c26-22(12-16-24-14-5-2-6-15-24)25(19-21-10-7-13-23-18-21)17-11-20-8-3-1-4-9-20/h1,3-4,7-10,13,18H,2,5-6,11-12,14-17,19H2. The summed E-state index contributed by atoms with van der Waals surface area (Å²) in [4.78, 5) is 21.5. The number of amides is 1. The maximum absolute atomic E-state index is 12.9. The van der Waals surface area contributed by atoms with Gasteiger partial charge in [-0.1, -0.05) is 42.8 Å². The summed E-state index contributed by atoms with van der Waals surface area (Å²) in [6.07, 6.45) is 8.98. The molecule has 2 heterocycles. The summed E-state index contributed by atoms with van der Waals surface area (Å²) in [6.45, 7) is 4.55. The van der Waals surface area contributed by atoms with Gasteiger partial charge in [0.05, 0.1) is 0 Å². The third-order valence-corrected chi connectivity index (χ3v) is 5.05. The molecule has 1 amide bonds. The van der Waals surface area contributed by atoms with Crippen LogP contribution in [-0.2, 0) is 17.8 Å². The van der Waals surface area contributed by atoms with Gasteiger partial charge in [-0.05, 0) is 49.5 Å². The van der Waals surface area contributed by atoms with Crippen molar-refractivity contribution in [2.24, 2.45) is 0 Å². The number of piperidine rings is 1. The Hall–Kier alpha value is -2.20. The molecule has 0 N–H and O–H groups in total. The van der Waals surface area contributed by atoms with E-state index in [9.17, 15) is 4.79 Å². The Morgan fingerprint density at radius 2 is 1.77 bits per heavy atom. The molecule has 26 heavy (non-hydrogen) atoms. The van der Waals surface area contributed by atoms with Crippen LogP contribution >= 0.6 is 0 Å². The molecule has 138 valence electrons. The number of benzene rings is 1. The number of rotatable bonds is 8. The van der Waals surface area contributed by atoms with Gasteiger partial charge in [0, 0.05) is 38.4 Å². The first-order valence-corrected chi connectivity index (χ1v) is 9.74. The van der Waals surface area contributed by atoms with Crippen LogP contribution in [0, 0.1) is 0 Å². The van der Waals surface area contributed by atoms with Crippen LogP contribution in [0.3, 0.4) is 0 Å². The van der Waals surface area contributed by atoms with Gasteiger partial charge in [-0.2, -0.15) is 0 Å². The summed E-state index contributed by atoms with van der Waals surface area (Å²) in [5.74, 6) is 0.246. The Kier molecular flexibility index (Phi) is 7.20. The number of carbonyl (C=O) groups is 1. The van der Waals surface area contributed by atoms with Crippen molar-refractivity contribution in [2.45, 2.75) is 38.6 Å². The topological polar surface area (TPSA) is 36.4 Å². The molecule has 2 aromatic rings. The maximum atomic E-state index is 12.9. The van der Waals surface area contributed by atoms with Crippen LogP contribution in [0.25, 0.3) is 0 Å². The van der Waals surface area contributed by atoms with Gasteiger partial charge in [0.25, 0.3) is 0 Å². The summed E-state index contributed by atoms with van der Waals surface area (Å²) in [7, 11) is 0. The third-order valence-electron chi connectivity index (χ3n) is 5.05. The lowest BCUT2D eigenvalue weighted by Gasteiger charge is -2.28. The molecule has 0 radical (unpaired) electrons. The number of likely N-dealkylation sites (tertiary alicyclic amines) is 1. The van der Waals surface area contributed by atoms with Crippen molar-refractivity contribution >= 4 is 5.91 Å². The van der Waals surface area contributed by atoms with Crippen LogP contribution in [0.2, 0.25) is 0 Å². The van der Waals surface area contributed by atoms with Gasteiger partial charge in [-0.3, -0.25) is 9.78 Å². The summed E-state index contributed by atoms with van der Waals surface area (Å²) in [6, 6.07) is 14.4. The van der Waals surface area contributed by atoms with Crippen LogP contribution in [0.5, 0.6) is 0 Å². The highest BCUT2D eigenvalue weighted by molar-refractivity contribution is 5.76. The summed E-state index contributed by atoms with van der Waals surface area (Å²) >= 11 is 0. The summed E-state index contributed by atoms with van der Waals surface area (Å²) in [5.41, 5.74) is 2.36. The predicted octanol–water partition coefficient (Wildman–Crippen LogP) is 3.53. The first kappa shape index (κ1) is 18.6. The van der Waals surface area contributed by atoms with Crippen molar-refractivity contribution in [1.82, 2.24) is 14.8 Å². The average molecular weight is 351 g/mol. The van der Waals surface area contributed by atoms with E-state index in [1.807, 2.05) is 29.3 Å². The van der Waals surface area contributed by atoms with Crippen molar-refractivity contribution in [2.75, 3.05) is 26.2 Å².